The van der Waals surface area contributed by atoms with Crippen LogP contribution in [0, 0.1) is 5.92 Å². The van der Waals surface area contributed by atoms with Gasteiger partial charge in [0.25, 0.3) is 0 Å². The molecule has 2 heterocycles. The molecular formula is C10H15N3O3. The van der Waals surface area contributed by atoms with Crippen molar-refractivity contribution in [1.82, 2.24) is 9.97 Å². The van der Waals surface area contributed by atoms with Crippen LogP contribution in [0.5, 0.6) is 5.88 Å². The molecular weight excluding hydrogens is 210 g/mol. The van der Waals surface area contributed by atoms with E-state index in [0.29, 0.717) is 24.4 Å². The van der Waals surface area contributed by atoms with Crippen LogP contribution in [-0.2, 0) is 9.57 Å². The molecule has 0 bridgehead atoms. The molecule has 0 amide bonds. The molecule has 16 heavy (non-hydrogen) atoms. The van der Waals surface area contributed by atoms with Crippen molar-refractivity contribution in [3.05, 3.63) is 12.3 Å². The van der Waals surface area contributed by atoms with Gasteiger partial charge in [-0.15, -0.1) is 0 Å². The zero-order valence-electron chi connectivity index (χ0n) is 9.18. The van der Waals surface area contributed by atoms with Gasteiger partial charge in [0, 0.05) is 24.8 Å². The number of rotatable bonds is 5. The summed E-state index contributed by atoms with van der Waals surface area (Å²) in [6, 6.07) is 1.68. The minimum atomic E-state index is 0.401. The number of nitrogens with one attached hydrogen (secondary N) is 1. The van der Waals surface area contributed by atoms with Gasteiger partial charge in [-0.05, 0) is 6.42 Å². The number of anilines is 1. The number of hydrogen-bond donors (Lipinski definition) is 1. The van der Waals surface area contributed by atoms with Crippen molar-refractivity contribution in [2.75, 3.05) is 32.4 Å². The number of nitrogens with zero attached hydrogens (tertiary/aromatic N) is 2. The first-order valence-electron chi connectivity index (χ1n) is 5.21. The van der Waals surface area contributed by atoms with Gasteiger partial charge in [-0.1, -0.05) is 0 Å². The quantitative estimate of drug-likeness (QED) is 0.750. The molecule has 1 saturated heterocycles. The second-order valence-electron chi connectivity index (χ2n) is 3.57. The van der Waals surface area contributed by atoms with Gasteiger partial charge in [0.1, 0.15) is 0 Å². The van der Waals surface area contributed by atoms with Crippen molar-refractivity contribution in [2.45, 2.75) is 6.42 Å². The normalized spacial score (nSPS) is 19.7. The molecule has 1 aliphatic heterocycles. The van der Waals surface area contributed by atoms with Crippen molar-refractivity contribution < 1.29 is 14.3 Å². The predicted molar refractivity (Wildman–Crippen MR) is 57.1 cm³/mol. The Bertz CT molecular complexity index is 329. The van der Waals surface area contributed by atoms with Crippen molar-refractivity contribution in [3.63, 3.8) is 0 Å². The summed E-state index contributed by atoms with van der Waals surface area (Å²) in [5.74, 6) is 1.36. The topological polar surface area (TPSA) is 65.5 Å². The summed E-state index contributed by atoms with van der Waals surface area (Å²) < 4.78 is 10.2. The SMILES string of the molecule is COc1ccnc(NOCC2CCOC2)n1. The van der Waals surface area contributed by atoms with Crippen molar-refractivity contribution in [1.29, 1.82) is 0 Å². The maximum atomic E-state index is 5.29. The Morgan fingerprint density at radius 1 is 1.62 bits per heavy atom. The van der Waals surface area contributed by atoms with E-state index < -0.39 is 0 Å². The molecule has 2 rings (SSSR count). The number of ether oxygens (including phenoxy) is 2. The van der Waals surface area contributed by atoms with Gasteiger partial charge in [0.15, 0.2) is 0 Å². The molecule has 1 fully saturated rings. The molecule has 6 nitrogen and oxygen atoms in total. The summed E-state index contributed by atoms with van der Waals surface area (Å²) in [5.41, 5.74) is 2.69. The van der Waals surface area contributed by atoms with Gasteiger partial charge in [-0.2, -0.15) is 4.98 Å². The first-order valence-corrected chi connectivity index (χ1v) is 5.21. The van der Waals surface area contributed by atoms with Crippen LogP contribution in [0.15, 0.2) is 12.3 Å². The summed E-state index contributed by atoms with van der Waals surface area (Å²) in [4.78, 5) is 13.3. The highest BCUT2D eigenvalue weighted by molar-refractivity contribution is 5.24. The van der Waals surface area contributed by atoms with E-state index in [2.05, 4.69) is 15.4 Å². The zero-order chi connectivity index (χ0) is 11.2. The molecule has 0 aliphatic carbocycles. The molecule has 6 heteroatoms. The fourth-order valence-electron chi connectivity index (χ4n) is 1.44. The molecule has 88 valence electrons. The van der Waals surface area contributed by atoms with E-state index in [4.69, 9.17) is 14.3 Å². The van der Waals surface area contributed by atoms with Gasteiger partial charge in [0.2, 0.25) is 11.8 Å². The Kier molecular flexibility index (Phi) is 3.90. The van der Waals surface area contributed by atoms with E-state index in [-0.39, 0.29) is 0 Å². The van der Waals surface area contributed by atoms with Crippen LogP contribution in [0.3, 0.4) is 0 Å². The van der Waals surface area contributed by atoms with Gasteiger partial charge in [-0.3, -0.25) is 4.84 Å². The number of hydrogen-bond acceptors (Lipinski definition) is 6. The Morgan fingerprint density at radius 3 is 3.31 bits per heavy atom. The standard InChI is InChI=1S/C10H15N3O3/c1-14-9-2-4-11-10(12-9)13-16-7-8-3-5-15-6-8/h2,4,8H,3,5-7H2,1H3,(H,11,12,13). The fraction of sp³-hybridized carbons (Fsp3) is 0.600. The van der Waals surface area contributed by atoms with Crippen LogP contribution in [0.2, 0.25) is 0 Å². The van der Waals surface area contributed by atoms with Crippen LogP contribution < -0.4 is 10.2 Å². The average molecular weight is 225 g/mol. The molecule has 0 spiro atoms. The lowest BCUT2D eigenvalue weighted by atomic mass is 10.1. The third-order valence-electron chi connectivity index (χ3n) is 2.35. The molecule has 0 aromatic carbocycles. The van der Waals surface area contributed by atoms with E-state index >= 15 is 0 Å². The van der Waals surface area contributed by atoms with Crippen LogP contribution in [0.1, 0.15) is 6.42 Å². The maximum Gasteiger partial charge on any atom is 0.250 e. The third kappa shape index (κ3) is 3.04. The van der Waals surface area contributed by atoms with Gasteiger partial charge in [0.05, 0.1) is 20.3 Å². The first-order chi connectivity index (χ1) is 7.88. The second-order valence-corrected chi connectivity index (χ2v) is 3.57. The summed E-state index contributed by atoms with van der Waals surface area (Å²) in [6.45, 7) is 2.19. The lowest BCUT2D eigenvalue weighted by Gasteiger charge is -2.09. The second kappa shape index (κ2) is 5.62. The Hall–Kier alpha value is -1.40. The number of aromatic nitrogens is 2. The van der Waals surface area contributed by atoms with Crippen molar-refractivity contribution in [3.8, 4) is 5.88 Å². The van der Waals surface area contributed by atoms with Crippen LogP contribution >= 0.6 is 0 Å². The highest BCUT2D eigenvalue weighted by Crippen LogP contribution is 2.13. The minimum absolute atomic E-state index is 0.401. The highest BCUT2D eigenvalue weighted by Gasteiger charge is 2.15. The number of methoxy groups -OCH3 is 1. The van der Waals surface area contributed by atoms with Gasteiger partial charge in [-0.25, -0.2) is 10.5 Å². The van der Waals surface area contributed by atoms with Gasteiger partial charge >= 0.3 is 0 Å². The molecule has 1 aromatic rings. The Balaban J connectivity index is 1.75. The van der Waals surface area contributed by atoms with Crippen molar-refractivity contribution >= 4 is 5.95 Å². The fourth-order valence-corrected chi connectivity index (χ4v) is 1.44. The maximum absolute atomic E-state index is 5.29. The Morgan fingerprint density at radius 2 is 2.56 bits per heavy atom. The largest absolute Gasteiger partial charge is 0.481 e. The van der Waals surface area contributed by atoms with E-state index in [1.807, 2.05) is 0 Å². The van der Waals surface area contributed by atoms with Gasteiger partial charge < -0.3 is 9.47 Å². The smallest absolute Gasteiger partial charge is 0.250 e. The average Bonchev–Trinajstić information content (AvgIpc) is 2.82. The Labute approximate surface area is 93.9 Å². The lowest BCUT2D eigenvalue weighted by Crippen LogP contribution is -2.14. The molecule has 0 radical (unpaired) electrons. The molecule has 0 saturated carbocycles. The van der Waals surface area contributed by atoms with Crippen LogP contribution in [0.4, 0.5) is 5.95 Å². The molecule has 1 unspecified atom stereocenters. The van der Waals surface area contributed by atoms with E-state index in [9.17, 15) is 0 Å². The molecule has 1 atom stereocenters. The van der Waals surface area contributed by atoms with Crippen LogP contribution in [0.25, 0.3) is 0 Å². The summed E-state index contributed by atoms with van der Waals surface area (Å²) in [7, 11) is 1.56. The third-order valence-corrected chi connectivity index (χ3v) is 2.35. The van der Waals surface area contributed by atoms with E-state index in [1.165, 1.54) is 0 Å². The molecule has 1 N–H and O–H groups in total. The molecule has 1 aromatic heterocycles. The predicted octanol–water partition coefficient (Wildman–Crippen LogP) is 0.865. The first kappa shape index (κ1) is 11.1. The summed E-state index contributed by atoms with van der Waals surface area (Å²) >= 11 is 0. The molecule has 1 aliphatic rings. The highest BCUT2D eigenvalue weighted by atomic mass is 16.6. The monoisotopic (exact) mass is 225 g/mol. The lowest BCUT2D eigenvalue weighted by molar-refractivity contribution is 0.125. The zero-order valence-corrected chi connectivity index (χ0v) is 9.18. The summed E-state index contributed by atoms with van der Waals surface area (Å²) in [5, 5.41) is 0. The van der Waals surface area contributed by atoms with E-state index in [1.54, 1.807) is 19.4 Å². The van der Waals surface area contributed by atoms with Crippen molar-refractivity contribution in [2.24, 2.45) is 5.92 Å². The van der Waals surface area contributed by atoms with Crippen LogP contribution in [-0.4, -0.2) is 36.9 Å². The summed E-state index contributed by atoms with van der Waals surface area (Å²) in [6.07, 6.45) is 2.65. The minimum Gasteiger partial charge on any atom is -0.481 e. The van der Waals surface area contributed by atoms with E-state index in [0.717, 1.165) is 19.6 Å².